The number of esters is 1. The van der Waals surface area contributed by atoms with Gasteiger partial charge in [0, 0.05) is 31.7 Å². The molecule has 1 N–H and O–H groups in total. The number of halogens is 1. The maximum atomic E-state index is 12.5. The van der Waals surface area contributed by atoms with Gasteiger partial charge in [0.2, 0.25) is 5.09 Å². The van der Waals surface area contributed by atoms with E-state index in [1.165, 1.54) is 24.4 Å². The van der Waals surface area contributed by atoms with Gasteiger partial charge in [-0.25, -0.2) is 13.2 Å². The van der Waals surface area contributed by atoms with Gasteiger partial charge in [0.15, 0.2) is 0 Å². The van der Waals surface area contributed by atoms with Gasteiger partial charge in [0.1, 0.15) is 11.3 Å². The second-order valence-electron chi connectivity index (χ2n) is 4.70. The zero-order valence-corrected chi connectivity index (χ0v) is 13.7. The molecule has 1 saturated heterocycles. The van der Waals surface area contributed by atoms with Crippen LogP contribution in [0.4, 0.5) is 0 Å². The summed E-state index contributed by atoms with van der Waals surface area (Å²) in [5, 5.41) is 2.90. The number of carbonyl (C=O) groups is 1. The van der Waals surface area contributed by atoms with Gasteiger partial charge in [-0.2, -0.15) is 4.31 Å². The molecule has 1 atom stereocenters. The summed E-state index contributed by atoms with van der Waals surface area (Å²) >= 11 is 0. The van der Waals surface area contributed by atoms with E-state index < -0.39 is 16.0 Å². The fourth-order valence-electron chi connectivity index (χ4n) is 2.19. The molecule has 0 spiro atoms. The molecular weight excluding hydrogens is 320 g/mol. The minimum Gasteiger partial charge on any atom is -0.465 e. The summed E-state index contributed by atoms with van der Waals surface area (Å²) in [5.74, 6) is -0.376. The average Bonchev–Trinajstić information content (AvgIpc) is 2.81. The standard InChI is InChI=1S/C12H18N2O5S.ClH/c1-8-7-13-4-5-14(8)20(16,17)11-6-10(9(2)19-11)12(15)18-3;/h6,8,13H,4-5,7H2,1-3H3;1H. The first-order valence-corrected chi connectivity index (χ1v) is 7.73. The quantitative estimate of drug-likeness (QED) is 0.819. The number of piperazine rings is 1. The monoisotopic (exact) mass is 338 g/mol. The first-order chi connectivity index (χ1) is 9.37. The van der Waals surface area contributed by atoms with Crippen molar-refractivity contribution in [2.24, 2.45) is 0 Å². The van der Waals surface area contributed by atoms with Gasteiger partial charge in [0.05, 0.1) is 7.11 Å². The van der Waals surface area contributed by atoms with Crippen molar-refractivity contribution in [3.63, 3.8) is 0 Å². The van der Waals surface area contributed by atoms with Gasteiger partial charge in [-0.1, -0.05) is 0 Å². The lowest BCUT2D eigenvalue weighted by molar-refractivity contribution is 0.0599. The minimum atomic E-state index is -3.74. The molecular formula is C12H19ClN2O5S. The van der Waals surface area contributed by atoms with Crippen LogP contribution in [0, 0.1) is 6.92 Å². The Labute approximate surface area is 130 Å². The maximum absolute atomic E-state index is 12.5. The van der Waals surface area contributed by atoms with Crippen molar-refractivity contribution < 1.29 is 22.4 Å². The Morgan fingerprint density at radius 1 is 1.52 bits per heavy atom. The van der Waals surface area contributed by atoms with E-state index in [2.05, 4.69) is 10.1 Å². The lowest BCUT2D eigenvalue weighted by atomic mass is 10.3. The van der Waals surface area contributed by atoms with E-state index in [0.717, 1.165) is 0 Å². The maximum Gasteiger partial charge on any atom is 0.341 e. The normalized spacial score (nSPS) is 19.9. The predicted octanol–water partition coefficient (Wildman–Crippen LogP) is 0.779. The number of hydrogen-bond acceptors (Lipinski definition) is 6. The number of sulfonamides is 1. The van der Waals surface area contributed by atoms with Gasteiger partial charge < -0.3 is 14.5 Å². The second-order valence-corrected chi connectivity index (χ2v) is 6.52. The zero-order chi connectivity index (χ0) is 14.9. The molecule has 1 unspecified atom stereocenters. The van der Waals surface area contributed by atoms with Crippen LogP contribution < -0.4 is 5.32 Å². The van der Waals surface area contributed by atoms with Crippen LogP contribution in [0.3, 0.4) is 0 Å². The van der Waals surface area contributed by atoms with Crippen LogP contribution in [0.2, 0.25) is 0 Å². The third-order valence-electron chi connectivity index (χ3n) is 3.30. The largest absolute Gasteiger partial charge is 0.465 e. The first-order valence-electron chi connectivity index (χ1n) is 6.29. The minimum absolute atomic E-state index is 0. The zero-order valence-electron chi connectivity index (χ0n) is 12.1. The van der Waals surface area contributed by atoms with E-state index in [1.807, 2.05) is 6.92 Å². The van der Waals surface area contributed by atoms with Gasteiger partial charge in [-0.05, 0) is 13.8 Å². The molecule has 1 aliphatic heterocycles. The topological polar surface area (TPSA) is 88.9 Å². The Kier molecular flexibility index (Phi) is 5.80. The number of furan rings is 1. The second kappa shape index (κ2) is 6.78. The van der Waals surface area contributed by atoms with Crippen molar-refractivity contribution in [2.45, 2.75) is 25.0 Å². The molecule has 1 aliphatic rings. The lowest BCUT2D eigenvalue weighted by Gasteiger charge is -2.31. The van der Waals surface area contributed by atoms with Crippen molar-refractivity contribution in [3.05, 3.63) is 17.4 Å². The van der Waals surface area contributed by atoms with E-state index in [9.17, 15) is 13.2 Å². The van der Waals surface area contributed by atoms with E-state index in [-0.39, 0.29) is 34.9 Å². The molecule has 7 nitrogen and oxygen atoms in total. The highest BCUT2D eigenvalue weighted by Gasteiger charge is 2.34. The van der Waals surface area contributed by atoms with Crippen LogP contribution in [0.25, 0.3) is 0 Å². The van der Waals surface area contributed by atoms with Crippen molar-refractivity contribution in [3.8, 4) is 0 Å². The Hall–Kier alpha value is -1.09. The lowest BCUT2D eigenvalue weighted by Crippen LogP contribution is -2.52. The van der Waals surface area contributed by atoms with E-state index in [4.69, 9.17) is 4.42 Å². The summed E-state index contributed by atoms with van der Waals surface area (Å²) in [6.45, 7) is 4.90. The van der Waals surface area contributed by atoms with E-state index in [1.54, 1.807) is 0 Å². The smallest absolute Gasteiger partial charge is 0.341 e. The van der Waals surface area contributed by atoms with Crippen molar-refractivity contribution in [2.75, 3.05) is 26.7 Å². The molecule has 0 amide bonds. The van der Waals surface area contributed by atoms with Crippen molar-refractivity contribution in [1.29, 1.82) is 0 Å². The first kappa shape index (κ1) is 18.0. The van der Waals surface area contributed by atoms with Crippen LogP contribution in [0.1, 0.15) is 23.0 Å². The van der Waals surface area contributed by atoms with Gasteiger partial charge in [-0.15, -0.1) is 12.4 Å². The number of rotatable bonds is 3. The molecule has 9 heteroatoms. The number of nitrogens with zero attached hydrogens (tertiary/aromatic N) is 1. The fourth-order valence-corrected chi connectivity index (χ4v) is 3.80. The van der Waals surface area contributed by atoms with Crippen LogP contribution in [-0.2, 0) is 14.8 Å². The number of carbonyl (C=O) groups excluding carboxylic acids is 1. The molecule has 0 aliphatic carbocycles. The number of ether oxygens (including phenoxy) is 1. The molecule has 2 rings (SSSR count). The summed E-state index contributed by atoms with van der Waals surface area (Å²) in [6, 6.07) is 1.06. The Balaban J connectivity index is 0.00000220. The SMILES string of the molecule is COC(=O)c1cc(S(=O)(=O)N2CCNCC2C)oc1C.Cl. The number of aryl methyl sites for hydroxylation is 1. The molecule has 1 fully saturated rings. The third-order valence-corrected chi connectivity index (χ3v) is 5.17. The highest BCUT2D eigenvalue weighted by Crippen LogP contribution is 2.24. The van der Waals surface area contributed by atoms with E-state index in [0.29, 0.717) is 19.6 Å². The van der Waals surface area contributed by atoms with Crippen molar-refractivity contribution in [1.82, 2.24) is 9.62 Å². The van der Waals surface area contributed by atoms with Gasteiger partial charge in [-0.3, -0.25) is 0 Å². The number of methoxy groups -OCH3 is 1. The van der Waals surface area contributed by atoms with E-state index >= 15 is 0 Å². The summed E-state index contributed by atoms with van der Waals surface area (Å²) in [7, 11) is -2.50. The predicted molar refractivity (Wildman–Crippen MR) is 78.3 cm³/mol. The van der Waals surface area contributed by atoms with Crippen LogP contribution in [-0.4, -0.2) is 51.5 Å². The number of nitrogens with one attached hydrogen (secondary N) is 1. The Morgan fingerprint density at radius 2 is 2.19 bits per heavy atom. The van der Waals surface area contributed by atoms with Crippen LogP contribution in [0.15, 0.2) is 15.6 Å². The fraction of sp³-hybridized carbons (Fsp3) is 0.583. The highest BCUT2D eigenvalue weighted by molar-refractivity contribution is 7.89. The molecule has 2 heterocycles. The molecule has 120 valence electrons. The molecule has 0 aromatic carbocycles. The molecule has 1 aromatic rings. The van der Waals surface area contributed by atoms with Gasteiger partial charge in [0.25, 0.3) is 10.0 Å². The molecule has 0 bridgehead atoms. The van der Waals surface area contributed by atoms with Crippen molar-refractivity contribution >= 4 is 28.4 Å². The van der Waals surface area contributed by atoms with Crippen LogP contribution in [0.5, 0.6) is 0 Å². The molecule has 21 heavy (non-hydrogen) atoms. The Bertz CT molecular complexity index is 613. The Morgan fingerprint density at radius 3 is 2.76 bits per heavy atom. The number of hydrogen-bond donors (Lipinski definition) is 1. The molecule has 0 radical (unpaired) electrons. The third kappa shape index (κ3) is 3.39. The molecule has 1 aromatic heterocycles. The summed E-state index contributed by atoms with van der Waals surface area (Å²) in [4.78, 5) is 11.5. The van der Waals surface area contributed by atoms with Crippen LogP contribution >= 0.6 is 12.4 Å². The average molecular weight is 339 g/mol. The van der Waals surface area contributed by atoms with Gasteiger partial charge >= 0.3 is 5.97 Å². The summed E-state index contributed by atoms with van der Waals surface area (Å²) in [5.41, 5.74) is 0.133. The highest BCUT2D eigenvalue weighted by atomic mass is 35.5. The summed E-state index contributed by atoms with van der Waals surface area (Å²) < 4.78 is 36.3. The molecule has 0 saturated carbocycles. The summed E-state index contributed by atoms with van der Waals surface area (Å²) in [6.07, 6.45) is 0.